The van der Waals surface area contributed by atoms with Gasteiger partial charge in [0.15, 0.2) is 0 Å². The molecule has 5 nitrogen and oxygen atoms in total. The fourth-order valence-electron chi connectivity index (χ4n) is 1.06. The number of nitrogens with two attached hydrogens (primary N) is 1. The molecule has 0 radical (unpaired) electrons. The maximum Gasteiger partial charge on any atom is 0.328 e. The van der Waals surface area contributed by atoms with E-state index in [4.69, 9.17) is 5.73 Å². The molecule has 0 aliphatic carbocycles. The first-order valence-corrected chi connectivity index (χ1v) is 5.07. The minimum absolute atomic E-state index is 0.0925. The second-order valence-corrected chi connectivity index (χ2v) is 3.66. The Balaban J connectivity index is 4.18. The van der Waals surface area contributed by atoms with E-state index in [-0.39, 0.29) is 11.8 Å². The van der Waals surface area contributed by atoms with Gasteiger partial charge in [0.2, 0.25) is 5.91 Å². The van der Waals surface area contributed by atoms with Crippen LogP contribution >= 0.6 is 0 Å². The number of hydrogen-bond acceptors (Lipinski definition) is 4. The topological polar surface area (TPSA) is 81.4 Å². The average molecular weight is 216 g/mol. The maximum absolute atomic E-state index is 11.5. The van der Waals surface area contributed by atoms with Crippen molar-refractivity contribution in [2.45, 2.75) is 39.3 Å². The molecule has 0 fully saturated rings. The third-order valence-electron chi connectivity index (χ3n) is 2.47. The Morgan fingerprint density at radius 2 is 1.93 bits per heavy atom. The molecule has 0 spiro atoms. The molecule has 5 heteroatoms. The van der Waals surface area contributed by atoms with Crippen LogP contribution in [-0.4, -0.2) is 31.1 Å². The van der Waals surface area contributed by atoms with Crippen LogP contribution in [0.15, 0.2) is 0 Å². The van der Waals surface area contributed by atoms with Crippen LogP contribution in [-0.2, 0) is 14.3 Å². The molecule has 1 amide bonds. The minimum atomic E-state index is -0.655. The average Bonchev–Trinajstić information content (AvgIpc) is 2.25. The van der Waals surface area contributed by atoms with Crippen molar-refractivity contribution in [3.8, 4) is 0 Å². The van der Waals surface area contributed by atoms with Crippen molar-refractivity contribution < 1.29 is 14.3 Å². The number of methoxy groups -OCH3 is 1. The van der Waals surface area contributed by atoms with Crippen molar-refractivity contribution in [3.63, 3.8) is 0 Å². The van der Waals surface area contributed by atoms with Crippen LogP contribution in [0, 0.1) is 5.92 Å². The van der Waals surface area contributed by atoms with Crippen LogP contribution < -0.4 is 11.1 Å². The Bertz CT molecular complexity index is 231. The van der Waals surface area contributed by atoms with Crippen molar-refractivity contribution in [1.82, 2.24) is 5.32 Å². The van der Waals surface area contributed by atoms with Gasteiger partial charge in [0.25, 0.3) is 0 Å². The quantitative estimate of drug-likeness (QED) is 0.636. The van der Waals surface area contributed by atoms with Crippen LogP contribution in [0.3, 0.4) is 0 Å². The number of carbonyl (C=O) groups excluding carboxylic acids is 2. The van der Waals surface area contributed by atoms with Crippen molar-refractivity contribution in [2.75, 3.05) is 7.11 Å². The molecule has 0 bridgehead atoms. The van der Waals surface area contributed by atoms with E-state index in [2.05, 4.69) is 10.1 Å². The van der Waals surface area contributed by atoms with E-state index in [0.29, 0.717) is 0 Å². The minimum Gasteiger partial charge on any atom is -0.467 e. The Hall–Kier alpha value is -1.10. The molecule has 0 aromatic heterocycles. The Morgan fingerprint density at radius 1 is 1.40 bits per heavy atom. The van der Waals surface area contributed by atoms with Gasteiger partial charge in [0, 0.05) is 0 Å². The first kappa shape index (κ1) is 13.9. The maximum atomic E-state index is 11.5. The molecule has 15 heavy (non-hydrogen) atoms. The van der Waals surface area contributed by atoms with Gasteiger partial charge in [-0.15, -0.1) is 0 Å². The molecule has 0 aromatic carbocycles. The van der Waals surface area contributed by atoms with Crippen LogP contribution in [0.4, 0.5) is 0 Å². The summed E-state index contributed by atoms with van der Waals surface area (Å²) in [6.07, 6.45) is 0.821. The fraction of sp³-hybridized carbons (Fsp3) is 0.800. The molecular weight excluding hydrogens is 196 g/mol. The molecular formula is C10H20N2O3. The molecule has 0 aliphatic rings. The first-order chi connectivity index (χ1) is 6.93. The van der Waals surface area contributed by atoms with Gasteiger partial charge in [-0.05, 0) is 12.8 Å². The standard InChI is InChI=1S/C10H20N2O3/c1-5-6(2)8(11)9(13)12-7(3)10(14)15-4/h6-8H,5,11H2,1-4H3,(H,12,13)/t6-,7?,8-/m0/s1. The van der Waals surface area contributed by atoms with E-state index in [9.17, 15) is 9.59 Å². The number of hydrogen-bond donors (Lipinski definition) is 2. The number of amides is 1. The highest BCUT2D eigenvalue weighted by Gasteiger charge is 2.23. The van der Waals surface area contributed by atoms with E-state index < -0.39 is 18.1 Å². The summed E-state index contributed by atoms with van der Waals surface area (Å²) in [5.74, 6) is -0.697. The normalized spacial score (nSPS) is 16.3. The van der Waals surface area contributed by atoms with E-state index in [1.165, 1.54) is 7.11 Å². The summed E-state index contributed by atoms with van der Waals surface area (Å²) < 4.78 is 4.48. The molecule has 0 heterocycles. The summed E-state index contributed by atoms with van der Waals surface area (Å²) in [6.45, 7) is 5.42. The summed E-state index contributed by atoms with van der Waals surface area (Å²) in [5, 5.41) is 2.51. The second-order valence-electron chi connectivity index (χ2n) is 3.66. The lowest BCUT2D eigenvalue weighted by atomic mass is 9.99. The third-order valence-corrected chi connectivity index (χ3v) is 2.47. The van der Waals surface area contributed by atoms with Crippen molar-refractivity contribution in [2.24, 2.45) is 11.7 Å². The van der Waals surface area contributed by atoms with Gasteiger partial charge in [0.1, 0.15) is 6.04 Å². The lowest BCUT2D eigenvalue weighted by molar-refractivity contribution is -0.144. The Labute approximate surface area is 90.4 Å². The highest BCUT2D eigenvalue weighted by Crippen LogP contribution is 2.05. The smallest absolute Gasteiger partial charge is 0.328 e. The second kappa shape index (κ2) is 6.40. The number of ether oxygens (including phenoxy) is 1. The molecule has 0 saturated heterocycles. The molecule has 88 valence electrons. The van der Waals surface area contributed by atoms with E-state index in [1.807, 2.05) is 13.8 Å². The highest BCUT2D eigenvalue weighted by molar-refractivity contribution is 5.87. The SMILES string of the molecule is CC[C@H](C)[C@H](N)C(=O)NC(C)C(=O)OC. The van der Waals surface area contributed by atoms with E-state index >= 15 is 0 Å². The zero-order valence-corrected chi connectivity index (χ0v) is 9.74. The Morgan fingerprint density at radius 3 is 2.33 bits per heavy atom. The third kappa shape index (κ3) is 4.29. The number of rotatable bonds is 5. The van der Waals surface area contributed by atoms with E-state index in [1.54, 1.807) is 6.92 Å². The number of nitrogens with one attached hydrogen (secondary N) is 1. The molecule has 3 atom stereocenters. The molecule has 0 rings (SSSR count). The fourth-order valence-corrected chi connectivity index (χ4v) is 1.06. The summed E-state index contributed by atoms with van der Waals surface area (Å²) in [4.78, 5) is 22.6. The molecule has 3 N–H and O–H groups in total. The Kier molecular flexibility index (Phi) is 5.93. The monoisotopic (exact) mass is 216 g/mol. The van der Waals surface area contributed by atoms with Gasteiger partial charge in [-0.3, -0.25) is 4.79 Å². The lowest BCUT2D eigenvalue weighted by Gasteiger charge is -2.19. The molecule has 0 aromatic rings. The van der Waals surface area contributed by atoms with Crippen LogP contribution in [0.2, 0.25) is 0 Å². The predicted molar refractivity (Wildman–Crippen MR) is 57.1 cm³/mol. The van der Waals surface area contributed by atoms with Crippen molar-refractivity contribution in [3.05, 3.63) is 0 Å². The predicted octanol–water partition coefficient (Wildman–Crippen LogP) is 0.0375. The summed E-state index contributed by atoms with van der Waals surface area (Å²) in [5.41, 5.74) is 5.70. The zero-order valence-electron chi connectivity index (χ0n) is 9.74. The largest absolute Gasteiger partial charge is 0.467 e. The molecule has 0 saturated carbocycles. The lowest BCUT2D eigenvalue weighted by Crippen LogP contribution is -2.49. The summed E-state index contributed by atoms with van der Waals surface area (Å²) in [7, 11) is 1.28. The van der Waals surface area contributed by atoms with Gasteiger partial charge >= 0.3 is 5.97 Å². The van der Waals surface area contributed by atoms with Gasteiger partial charge in [-0.2, -0.15) is 0 Å². The highest BCUT2D eigenvalue weighted by atomic mass is 16.5. The molecule has 1 unspecified atom stereocenters. The van der Waals surface area contributed by atoms with Crippen LogP contribution in [0.25, 0.3) is 0 Å². The number of esters is 1. The number of carbonyl (C=O) groups is 2. The van der Waals surface area contributed by atoms with Gasteiger partial charge < -0.3 is 15.8 Å². The van der Waals surface area contributed by atoms with Crippen molar-refractivity contribution in [1.29, 1.82) is 0 Å². The van der Waals surface area contributed by atoms with Crippen LogP contribution in [0.5, 0.6) is 0 Å². The van der Waals surface area contributed by atoms with Crippen LogP contribution in [0.1, 0.15) is 27.2 Å². The van der Waals surface area contributed by atoms with Gasteiger partial charge in [0.05, 0.1) is 13.2 Å². The summed E-state index contributed by atoms with van der Waals surface area (Å²) >= 11 is 0. The molecule has 0 aliphatic heterocycles. The van der Waals surface area contributed by atoms with E-state index in [0.717, 1.165) is 6.42 Å². The van der Waals surface area contributed by atoms with Gasteiger partial charge in [-0.25, -0.2) is 4.79 Å². The zero-order chi connectivity index (χ0) is 12.0. The van der Waals surface area contributed by atoms with Gasteiger partial charge in [-0.1, -0.05) is 20.3 Å². The first-order valence-electron chi connectivity index (χ1n) is 5.07. The van der Waals surface area contributed by atoms with Crippen molar-refractivity contribution >= 4 is 11.9 Å². The summed E-state index contributed by atoms with van der Waals surface area (Å²) in [6, 6.07) is -1.24.